The normalized spacial score (nSPS) is 11.6. The second-order valence-corrected chi connectivity index (χ2v) is 5.45. The summed E-state index contributed by atoms with van der Waals surface area (Å²) in [6.45, 7) is 2.46. The molecule has 1 aromatic carbocycles. The van der Waals surface area contributed by atoms with Crippen molar-refractivity contribution in [1.82, 2.24) is 14.7 Å². The second-order valence-electron chi connectivity index (χ2n) is 5.45. The number of hydrogen-bond donors (Lipinski definition) is 1. The van der Waals surface area contributed by atoms with Gasteiger partial charge in [-0.3, -0.25) is 0 Å². The van der Waals surface area contributed by atoms with Crippen molar-refractivity contribution in [3.8, 4) is 17.6 Å². The topological polar surface area (TPSA) is 79.1 Å². The lowest BCUT2D eigenvalue weighted by Crippen LogP contribution is -2.22. The number of methoxy groups -OCH3 is 1. The van der Waals surface area contributed by atoms with Gasteiger partial charge in [-0.25, -0.2) is 4.98 Å². The lowest BCUT2D eigenvalue weighted by atomic mass is 10.2. The molecule has 6 heteroatoms. The molecule has 0 spiro atoms. The summed E-state index contributed by atoms with van der Waals surface area (Å²) < 4.78 is 12.5. The minimum Gasteiger partial charge on any atom is -0.497 e. The van der Waals surface area contributed by atoms with Crippen molar-refractivity contribution in [3.05, 3.63) is 65.6 Å². The number of aryl methyl sites for hydroxylation is 1. The molecule has 1 atom stereocenters. The molecule has 0 saturated heterocycles. The number of hydrogen-bond acceptors (Lipinski definition) is 5. The zero-order valence-electron chi connectivity index (χ0n) is 14.3. The number of rotatable bonds is 5. The molecule has 3 aromatic rings. The first kappa shape index (κ1) is 16.8. The van der Waals surface area contributed by atoms with Crippen LogP contribution in [-0.4, -0.2) is 28.4 Å². The highest BCUT2D eigenvalue weighted by Gasteiger charge is 2.18. The van der Waals surface area contributed by atoms with Gasteiger partial charge in [-0.05, 0) is 30.2 Å². The van der Waals surface area contributed by atoms with Gasteiger partial charge in [-0.1, -0.05) is 18.0 Å². The van der Waals surface area contributed by atoms with E-state index in [4.69, 9.17) is 15.0 Å². The zero-order chi connectivity index (χ0) is 17.6. The molecular weight excluding hydrogens is 316 g/mol. The monoisotopic (exact) mass is 336 g/mol. The van der Waals surface area contributed by atoms with Crippen molar-refractivity contribution in [2.24, 2.45) is 5.73 Å². The Bertz CT molecular complexity index is 884. The molecule has 0 radical (unpaired) electrons. The van der Waals surface area contributed by atoms with Gasteiger partial charge in [0.25, 0.3) is 0 Å². The third-order valence-corrected chi connectivity index (χ3v) is 3.91. The minimum absolute atomic E-state index is 0.113. The van der Waals surface area contributed by atoms with E-state index in [1.54, 1.807) is 13.3 Å². The number of nitrogens with zero attached hydrogens (tertiary/aromatic N) is 3. The summed E-state index contributed by atoms with van der Waals surface area (Å²) in [4.78, 5) is 4.34. The van der Waals surface area contributed by atoms with Crippen LogP contribution in [0.2, 0.25) is 0 Å². The Balaban J connectivity index is 1.81. The predicted octanol–water partition coefficient (Wildman–Crippen LogP) is 2.39. The summed E-state index contributed by atoms with van der Waals surface area (Å²) in [5.41, 5.74) is 7.56. The van der Waals surface area contributed by atoms with E-state index < -0.39 is 0 Å². The Morgan fingerprint density at radius 3 is 2.76 bits per heavy atom. The smallest absolute Gasteiger partial charge is 0.210 e. The van der Waals surface area contributed by atoms with Crippen molar-refractivity contribution < 1.29 is 9.26 Å². The largest absolute Gasteiger partial charge is 0.497 e. The number of nitrogens with two attached hydrogens (primary N) is 1. The lowest BCUT2D eigenvalue weighted by Gasteiger charge is -2.15. The van der Waals surface area contributed by atoms with E-state index in [1.807, 2.05) is 41.1 Å². The number of ether oxygens (including phenoxy) is 1. The van der Waals surface area contributed by atoms with Crippen LogP contribution < -0.4 is 10.5 Å². The summed E-state index contributed by atoms with van der Waals surface area (Å²) >= 11 is 0. The molecule has 1 unspecified atom stereocenters. The van der Waals surface area contributed by atoms with E-state index in [0.717, 1.165) is 29.3 Å². The third kappa shape index (κ3) is 3.73. The van der Waals surface area contributed by atoms with Crippen LogP contribution in [0.15, 0.2) is 47.2 Å². The Kier molecular flexibility index (Phi) is 5.17. The van der Waals surface area contributed by atoms with E-state index in [1.165, 1.54) is 0 Å². The molecule has 0 amide bonds. The maximum Gasteiger partial charge on any atom is 0.210 e. The molecule has 0 aliphatic rings. The Hall–Kier alpha value is -3.04. The van der Waals surface area contributed by atoms with Crippen molar-refractivity contribution in [1.29, 1.82) is 0 Å². The summed E-state index contributed by atoms with van der Waals surface area (Å²) in [6, 6.07) is 9.23. The molecule has 0 aliphatic carbocycles. The highest BCUT2D eigenvalue weighted by Crippen LogP contribution is 2.19. The van der Waals surface area contributed by atoms with Gasteiger partial charge in [0.2, 0.25) is 5.76 Å². The fourth-order valence-electron chi connectivity index (χ4n) is 2.59. The van der Waals surface area contributed by atoms with Crippen LogP contribution in [0.1, 0.15) is 35.8 Å². The Morgan fingerprint density at radius 2 is 2.08 bits per heavy atom. The SMILES string of the molecule is CCc1nccn1C(CN)c1cc(C#Cc2ccc(OC)cc2)on1. The van der Waals surface area contributed by atoms with Gasteiger partial charge in [0.05, 0.1) is 13.2 Å². The summed E-state index contributed by atoms with van der Waals surface area (Å²) in [5.74, 6) is 8.30. The fraction of sp³-hybridized carbons (Fsp3) is 0.263. The van der Waals surface area contributed by atoms with Crippen LogP contribution in [0.25, 0.3) is 0 Å². The summed E-state index contributed by atoms with van der Waals surface area (Å²) in [5, 5.41) is 4.13. The van der Waals surface area contributed by atoms with Gasteiger partial charge in [0.1, 0.15) is 17.3 Å². The molecule has 2 heterocycles. The molecular formula is C19H20N4O2. The Labute approximate surface area is 146 Å². The van der Waals surface area contributed by atoms with Gasteiger partial charge >= 0.3 is 0 Å². The molecule has 0 aliphatic heterocycles. The molecule has 25 heavy (non-hydrogen) atoms. The van der Waals surface area contributed by atoms with E-state index in [-0.39, 0.29) is 6.04 Å². The molecule has 2 aromatic heterocycles. The molecule has 0 bridgehead atoms. The molecule has 6 nitrogen and oxygen atoms in total. The molecule has 0 saturated carbocycles. The highest BCUT2D eigenvalue weighted by atomic mass is 16.5. The second kappa shape index (κ2) is 7.69. The van der Waals surface area contributed by atoms with Gasteiger partial charge in [0, 0.05) is 37.0 Å². The Morgan fingerprint density at radius 1 is 1.28 bits per heavy atom. The maximum atomic E-state index is 5.94. The van der Waals surface area contributed by atoms with Crippen LogP contribution in [0, 0.1) is 11.8 Å². The van der Waals surface area contributed by atoms with Gasteiger partial charge < -0.3 is 19.6 Å². The van der Waals surface area contributed by atoms with Crippen molar-refractivity contribution >= 4 is 0 Å². The van der Waals surface area contributed by atoms with Crippen LogP contribution in [0.5, 0.6) is 5.75 Å². The fourth-order valence-corrected chi connectivity index (χ4v) is 2.59. The first-order valence-electron chi connectivity index (χ1n) is 8.09. The number of benzene rings is 1. The average molecular weight is 336 g/mol. The van der Waals surface area contributed by atoms with Crippen LogP contribution in [0.4, 0.5) is 0 Å². The predicted molar refractivity (Wildman–Crippen MR) is 94.3 cm³/mol. The quantitative estimate of drug-likeness (QED) is 0.724. The molecule has 3 rings (SSSR count). The van der Waals surface area contributed by atoms with Gasteiger partial charge in [-0.2, -0.15) is 0 Å². The van der Waals surface area contributed by atoms with E-state index >= 15 is 0 Å². The summed E-state index contributed by atoms with van der Waals surface area (Å²) in [6.07, 6.45) is 4.51. The molecule has 128 valence electrons. The first-order chi connectivity index (χ1) is 12.2. The lowest BCUT2D eigenvalue weighted by molar-refractivity contribution is 0.390. The number of imidazole rings is 1. The van der Waals surface area contributed by atoms with Crippen LogP contribution in [-0.2, 0) is 6.42 Å². The van der Waals surface area contributed by atoms with E-state index in [2.05, 4.69) is 28.9 Å². The van der Waals surface area contributed by atoms with Crippen molar-refractivity contribution in [2.75, 3.05) is 13.7 Å². The highest BCUT2D eigenvalue weighted by molar-refractivity contribution is 5.42. The van der Waals surface area contributed by atoms with Gasteiger partial charge in [0.15, 0.2) is 0 Å². The average Bonchev–Trinajstić information content (AvgIpc) is 3.31. The first-order valence-corrected chi connectivity index (χ1v) is 8.09. The summed E-state index contributed by atoms with van der Waals surface area (Å²) in [7, 11) is 1.63. The van der Waals surface area contributed by atoms with Crippen LogP contribution >= 0.6 is 0 Å². The van der Waals surface area contributed by atoms with Crippen LogP contribution in [0.3, 0.4) is 0 Å². The molecule has 2 N–H and O–H groups in total. The van der Waals surface area contributed by atoms with Gasteiger partial charge in [-0.15, -0.1) is 0 Å². The maximum absolute atomic E-state index is 5.94. The van der Waals surface area contributed by atoms with E-state index in [0.29, 0.717) is 12.3 Å². The van der Waals surface area contributed by atoms with Crippen molar-refractivity contribution in [3.63, 3.8) is 0 Å². The minimum atomic E-state index is -0.113. The van der Waals surface area contributed by atoms with E-state index in [9.17, 15) is 0 Å². The standard InChI is InChI=1S/C19H20N4O2/c1-3-19-21-10-11-23(19)18(13-20)17-12-16(25-22-17)9-6-14-4-7-15(24-2)8-5-14/h4-5,7-8,10-12,18H,3,13,20H2,1-2H3. The zero-order valence-corrected chi connectivity index (χ0v) is 14.3. The molecule has 0 fully saturated rings. The third-order valence-electron chi connectivity index (χ3n) is 3.91. The number of aromatic nitrogens is 3. The van der Waals surface area contributed by atoms with Crippen molar-refractivity contribution in [2.45, 2.75) is 19.4 Å².